The Morgan fingerprint density at radius 3 is 2.22 bits per heavy atom. The van der Waals surface area contributed by atoms with E-state index in [9.17, 15) is 4.79 Å². The molecule has 0 spiro atoms. The average molecular weight is 459 g/mol. The summed E-state index contributed by atoms with van der Waals surface area (Å²) in [5.41, 5.74) is 0.409. The predicted octanol–water partition coefficient (Wildman–Crippen LogP) is 4.43. The van der Waals surface area contributed by atoms with E-state index in [2.05, 4.69) is 36.5 Å². The van der Waals surface area contributed by atoms with Gasteiger partial charge in [-0.2, -0.15) is 0 Å². The van der Waals surface area contributed by atoms with Crippen LogP contribution in [0.3, 0.4) is 0 Å². The van der Waals surface area contributed by atoms with Gasteiger partial charge in [0.15, 0.2) is 0 Å². The standard InChI is InChI=1S/C13H9BrCl4N4O/c14-8-3-1-7(2-4-8)10(23)21-11(13(16,17)18)22-12-19-5-9(15)6-20-12/h1-6,11H,(H,21,23)(H,19,20,22). The van der Waals surface area contributed by atoms with Crippen LogP contribution in [-0.2, 0) is 0 Å². The van der Waals surface area contributed by atoms with Gasteiger partial charge in [-0.3, -0.25) is 4.79 Å². The normalized spacial score (nSPS) is 12.6. The summed E-state index contributed by atoms with van der Waals surface area (Å²) in [6.45, 7) is 0. The molecule has 0 saturated heterocycles. The molecule has 0 aliphatic carbocycles. The number of hydrogen-bond donors (Lipinski definition) is 2. The molecule has 1 atom stereocenters. The zero-order chi connectivity index (χ0) is 17.0. The average Bonchev–Trinajstić information content (AvgIpc) is 2.48. The van der Waals surface area contributed by atoms with Crippen molar-refractivity contribution in [2.24, 2.45) is 0 Å². The van der Waals surface area contributed by atoms with E-state index in [0.717, 1.165) is 4.47 Å². The summed E-state index contributed by atoms with van der Waals surface area (Å²) < 4.78 is -0.978. The van der Waals surface area contributed by atoms with Crippen LogP contribution in [0.15, 0.2) is 41.1 Å². The number of benzene rings is 1. The number of carbonyl (C=O) groups excluding carboxylic acids is 1. The van der Waals surface area contributed by atoms with Crippen molar-refractivity contribution in [2.75, 3.05) is 5.32 Å². The number of nitrogens with one attached hydrogen (secondary N) is 2. The summed E-state index contributed by atoms with van der Waals surface area (Å²) in [5.74, 6) is -0.267. The van der Waals surface area contributed by atoms with E-state index < -0.39 is 15.9 Å². The minimum atomic E-state index is -1.83. The third kappa shape index (κ3) is 5.65. The minimum absolute atomic E-state index is 0.154. The van der Waals surface area contributed by atoms with Crippen LogP contribution in [0.25, 0.3) is 0 Å². The number of nitrogens with zero attached hydrogens (tertiary/aromatic N) is 2. The first-order chi connectivity index (χ1) is 10.8. The Morgan fingerprint density at radius 1 is 1.13 bits per heavy atom. The molecule has 0 radical (unpaired) electrons. The third-order valence-corrected chi connectivity index (χ3v) is 3.98. The number of anilines is 1. The van der Waals surface area contributed by atoms with Crippen LogP contribution in [0.2, 0.25) is 5.02 Å². The zero-order valence-corrected chi connectivity index (χ0v) is 15.8. The number of amides is 1. The molecule has 1 aromatic carbocycles. The molecular formula is C13H9BrCl4N4O. The fourth-order valence-corrected chi connectivity index (χ4v) is 2.22. The van der Waals surface area contributed by atoms with E-state index >= 15 is 0 Å². The first-order valence-corrected chi connectivity index (χ1v) is 8.43. The zero-order valence-electron chi connectivity index (χ0n) is 11.2. The minimum Gasteiger partial charge on any atom is -0.330 e. The Balaban J connectivity index is 2.14. The Bertz CT molecular complexity index is 676. The summed E-state index contributed by atoms with van der Waals surface area (Å²) >= 11 is 26.7. The molecule has 2 aromatic rings. The molecule has 1 heterocycles. The van der Waals surface area contributed by atoms with Gasteiger partial charge in [-0.1, -0.05) is 62.3 Å². The molecule has 1 amide bonds. The van der Waals surface area contributed by atoms with E-state index in [1.165, 1.54) is 12.4 Å². The molecule has 23 heavy (non-hydrogen) atoms. The maximum atomic E-state index is 12.3. The summed E-state index contributed by atoms with van der Waals surface area (Å²) in [4.78, 5) is 20.1. The van der Waals surface area contributed by atoms with Gasteiger partial charge in [0.25, 0.3) is 5.91 Å². The van der Waals surface area contributed by atoms with Gasteiger partial charge in [0, 0.05) is 10.0 Å². The second-order valence-electron chi connectivity index (χ2n) is 4.32. The monoisotopic (exact) mass is 456 g/mol. The van der Waals surface area contributed by atoms with Gasteiger partial charge < -0.3 is 10.6 Å². The Kier molecular flexibility index (Phi) is 6.33. The van der Waals surface area contributed by atoms with Gasteiger partial charge in [0.1, 0.15) is 6.17 Å². The quantitative estimate of drug-likeness (QED) is 0.525. The highest BCUT2D eigenvalue weighted by Gasteiger charge is 2.34. The van der Waals surface area contributed by atoms with Crippen LogP contribution < -0.4 is 10.6 Å². The summed E-state index contributed by atoms with van der Waals surface area (Å²) in [6, 6.07) is 6.73. The van der Waals surface area contributed by atoms with Gasteiger partial charge >= 0.3 is 0 Å². The van der Waals surface area contributed by atoms with E-state index in [-0.39, 0.29) is 5.95 Å². The van der Waals surface area contributed by atoms with Crippen molar-refractivity contribution in [3.05, 3.63) is 51.7 Å². The molecule has 0 bridgehead atoms. The van der Waals surface area contributed by atoms with Crippen LogP contribution in [0.5, 0.6) is 0 Å². The molecule has 5 nitrogen and oxygen atoms in total. The second-order valence-corrected chi connectivity index (χ2v) is 8.05. The van der Waals surface area contributed by atoms with Crippen LogP contribution >= 0.6 is 62.3 Å². The van der Waals surface area contributed by atoms with Gasteiger partial charge in [0.05, 0.1) is 17.4 Å². The summed E-state index contributed by atoms with van der Waals surface area (Å²) in [7, 11) is 0. The lowest BCUT2D eigenvalue weighted by Crippen LogP contribution is -2.49. The van der Waals surface area contributed by atoms with Crippen molar-refractivity contribution >= 4 is 74.2 Å². The fraction of sp³-hybridized carbons (Fsp3) is 0.154. The molecule has 10 heteroatoms. The Morgan fingerprint density at radius 2 is 1.70 bits per heavy atom. The highest BCUT2D eigenvalue weighted by atomic mass is 79.9. The number of carbonyl (C=O) groups is 1. The molecule has 0 fully saturated rings. The summed E-state index contributed by atoms with van der Waals surface area (Å²) in [5, 5.41) is 5.68. The maximum Gasteiger partial charge on any atom is 0.252 e. The van der Waals surface area contributed by atoms with Crippen molar-refractivity contribution in [1.29, 1.82) is 0 Å². The number of alkyl halides is 3. The lowest BCUT2D eigenvalue weighted by Gasteiger charge is -2.26. The SMILES string of the molecule is O=C(NC(Nc1ncc(Cl)cn1)C(Cl)(Cl)Cl)c1ccc(Br)cc1. The molecule has 2 N–H and O–H groups in total. The number of aromatic nitrogens is 2. The van der Waals surface area contributed by atoms with Gasteiger partial charge in [0.2, 0.25) is 9.74 Å². The first-order valence-electron chi connectivity index (χ1n) is 6.13. The van der Waals surface area contributed by atoms with Crippen molar-refractivity contribution < 1.29 is 4.79 Å². The smallest absolute Gasteiger partial charge is 0.252 e. The van der Waals surface area contributed by atoms with Crippen LogP contribution in [0, 0.1) is 0 Å². The van der Waals surface area contributed by atoms with Gasteiger partial charge in [-0.25, -0.2) is 9.97 Å². The molecule has 1 unspecified atom stereocenters. The van der Waals surface area contributed by atoms with Crippen molar-refractivity contribution in [2.45, 2.75) is 9.96 Å². The maximum absolute atomic E-state index is 12.3. The Hall–Kier alpha value is -0.790. The van der Waals surface area contributed by atoms with Gasteiger partial charge in [-0.15, -0.1) is 0 Å². The fourth-order valence-electron chi connectivity index (χ4n) is 1.53. The van der Waals surface area contributed by atoms with Crippen LogP contribution in [0.4, 0.5) is 5.95 Å². The highest BCUT2D eigenvalue weighted by molar-refractivity contribution is 9.10. The van der Waals surface area contributed by atoms with Crippen LogP contribution in [0.1, 0.15) is 10.4 Å². The number of hydrogen-bond acceptors (Lipinski definition) is 4. The van der Waals surface area contributed by atoms with E-state index in [1.54, 1.807) is 24.3 Å². The van der Waals surface area contributed by atoms with Gasteiger partial charge in [-0.05, 0) is 24.3 Å². The highest BCUT2D eigenvalue weighted by Crippen LogP contribution is 2.30. The molecule has 122 valence electrons. The lowest BCUT2D eigenvalue weighted by atomic mass is 10.2. The summed E-state index contributed by atoms with van der Waals surface area (Å²) in [6.07, 6.45) is 1.70. The van der Waals surface area contributed by atoms with Crippen molar-refractivity contribution in [1.82, 2.24) is 15.3 Å². The molecule has 0 saturated carbocycles. The van der Waals surface area contributed by atoms with Crippen molar-refractivity contribution in [3.63, 3.8) is 0 Å². The molecule has 0 aliphatic heterocycles. The predicted molar refractivity (Wildman–Crippen MR) is 96.4 cm³/mol. The van der Waals surface area contributed by atoms with E-state index in [1.807, 2.05) is 0 Å². The topological polar surface area (TPSA) is 66.9 Å². The van der Waals surface area contributed by atoms with E-state index in [0.29, 0.717) is 10.6 Å². The second kappa shape index (κ2) is 7.85. The van der Waals surface area contributed by atoms with Crippen LogP contribution in [-0.4, -0.2) is 25.8 Å². The Labute approximate surface area is 160 Å². The molecule has 2 rings (SSSR count). The van der Waals surface area contributed by atoms with Crippen molar-refractivity contribution in [3.8, 4) is 0 Å². The number of halogens is 5. The molecule has 1 aromatic heterocycles. The largest absolute Gasteiger partial charge is 0.330 e. The third-order valence-electron chi connectivity index (χ3n) is 2.60. The first kappa shape index (κ1) is 18.5. The molecular weight excluding hydrogens is 450 g/mol. The lowest BCUT2D eigenvalue weighted by molar-refractivity contribution is 0.0941. The molecule has 0 aliphatic rings. The van der Waals surface area contributed by atoms with E-state index in [4.69, 9.17) is 46.4 Å². The number of rotatable bonds is 4.